The lowest BCUT2D eigenvalue weighted by atomic mass is 10.0. The van der Waals surface area contributed by atoms with Crippen molar-refractivity contribution < 1.29 is 0 Å². The van der Waals surface area contributed by atoms with Crippen LogP contribution < -0.4 is 5.32 Å². The van der Waals surface area contributed by atoms with E-state index in [0.717, 1.165) is 25.4 Å². The fourth-order valence-electron chi connectivity index (χ4n) is 2.88. The first-order valence-corrected chi connectivity index (χ1v) is 6.62. The van der Waals surface area contributed by atoms with E-state index >= 15 is 0 Å². The molecular weight excluding hydrogens is 198 g/mol. The van der Waals surface area contributed by atoms with Gasteiger partial charge in [0, 0.05) is 19.2 Å². The zero-order chi connectivity index (χ0) is 11.0. The lowest BCUT2D eigenvalue weighted by molar-refractivity contribution is 0.405. The summed E-state index contributed by atoms with van der Waals surface area (Å²) in [5, 5.41) is 3.58. The number of aromatic nitrogens is 2. The van der Waals surface area contributed by atoms with E-state index in [1.54, 1.807) is 0 Å². The second kappa shape index (κ2) is 4.21. The van der Waals surface area contributed by atoms with E-state index in [4.69, 9.17) is 4.98 Å². The maximum absolute atomic E-state index is 4.83. The highest BCUT2D eigenvalue weighted by molar-refractivity contribution is 5.11. The molecule has 1 N–H and O–H groups in total. The number of piperidine rings is 1. The van der Waals surface area contributed by atoms with Crippen LogP contribution in [0.25, 0.3) is 0 Å². The van der Waals surface area contributed by atoms with Crippen molar-refractivity contribution in [1.29, 1.82) is 0 Å². The third-order valence-corrected chi connectivity index (χ3v) is 3.94. The number of nitrogens with zero attached hydrogens (tertiary/aromatic N) is 2. The highest BCUT2D eigenvalue weighted by Gasteiger charge is 2.22. The van der Waals surface area contributed by atoms with Gasteiger partial charge in [0.15, 0.2) is 0 Å². The average Bonchev–Trinajstić information content (AvgIpc) is 2.73. The van der Waals surface area contributed by atoms with Crippen molar-refractivity contribution in [2.45, 2.75) is 51.6 Å². The summed E-state index contributed by atoms with van der Waals surface area (Å²) in [6.07, 6.45) is 8.67. The molecule has 3 nitrogen and oxygen atoms in total. The number of hydrogen-bond donors (Lipinski definition) is 1. The normalized spacial score (nSPS) is 30.1. The minimum absolute atomic E-state index is 0.516. The first-order chi connectivity index (χ1) is 7.83. The van der Waals surface area contributed by atoms with E-state index in [0.29, 0.717) is 6.04 Å². The summed E-state index contributed by atoms with van der Waals surface area (Å²) in [7, 11) is 0. The van der Waals surface area contributed by atoms with Crippen molar-refractivity contribution in [3.8, 4) is 0 Å². The van der Waals surface area contributed by atoms with Crippen LogP contribution in [0.3, 0.4) is 0 Å². The molecule has 2 aliphatic heterocycles. The fraction of sp³-hybridized carbons (Fsp3) is 0.769. The molecule has 0 unspecified atom stereocenters. The van der Waals surface area contributed by atoms with E-state index < -0.39 is 0 Å². The predicted octanol–water partition coefficient (Wildman–Crippen LogP) is 2.28. The molecule has 3 heterocycles. The van der Waals surface area contributed by atoms with Crippen molar-refractivity contribution in [3.05, 3.63) is 17.7 Å². The van der Waals surface area contributed by atoms with Gasteiger partial charge in [-0.2, -0.15) is 0 Å². The lowest BCUT2D eigenvalue weighted by Gasteiger charge is -2.21. The summed E-state index contributed by atoms with van der Waals surface area (Å²) >= 11 is 0. The summed E-state index contributed by atoms with van der Waals surface area (Å²) in [5.74, 6) is 2.11. The molecule has 0 bridgehead atoms. The third-order valence-electron chi connectivity index (χ3n) is 3.94. The van der Waals surface area contributed by atoms with Gasteiger partial charge < -0.3 is 9.88 Å². The molecule has 3 heteroatoms. The second-order valence-electron chi connectivity index (χ2n) is 5.38. The summed E-state index contributed by atoms with van der Waals surface area (Å²) in [4.78, 5) is 4.83. The van der Waals surface area contributed by atoms with Gasteiger partial charge in [0.05, 0.1) is 11.7 Å². The zero-order valence-electron chi connectivity index (χ0n) is 10.1. The molecule has 3 rings (SSSR count). The van der Waals surface area contributed by atoms with Crippen molar-refractivity contribution in [2.24, 2.45) is 5.92 Å². The number of aryl methyl sites for hydroxylation is 1. The molecule has 0 aliphatic carbocycles. The number of fused-ring (bicyclic) bond motifs is 1. The van der Waals surface area contributed by atoms with E-state index in [9.17, 15) is 0 Å². The van der Waals surface area contributed by atoms with Gasteiger partial charge >= 0.3 is 0 Å². The van der Waals surface area contributed by atoms with Gasteiger partial charge in [0.2, 0.25) is 0 Å². The van der Waals surface area contributed by atoms with Gasteiger partial charge in [-0.15, -0.1) is 0 Å². The lowest BCUT2D eigenvalue weighted by Crippen LogP contribution is -2.27. The van der Waals surface area contributed by atoms with Gasteiger partial charge in [0.25, 0.3) is 0 Å². The molecule has 1 saturated heterocycles. The standard InChI is InChI=1S/C13H21N3/c1-10-5-7-16-9-12(15-13(16)8-10)11-4-2-3-6-14-11/h9-11,14H,2-8H2,1H3/t10-,11+/m0/s1. The predicted molar refractivity (Wildman–Crippen MR) is 64.3 cm³/mol. The van der Waals surface area contributed by atoms with Crippen LogP contribution in [-0.4, -0.2) is 16.1 Å². The van der Waals surface area contributed by atoms with Crippen molar-refractivity contribution in [1.82, 2.24) is 14.9 Å². The Labute approximate surface area is 97.3 Å². The topological polar surface area (TPSA) is 29.9 Å². The van der Waals surface area contributed by atoms with Gasteiger partial charge in [-0.25, -0.2) is 4.98 Å². The Kier molecular flexibility index (Phi) is 2.72. The number of rotatable bonds is 1. The molecule has 0 aromatic carbocycles. The van der Waals surface area contributed by atoms with Crippen LogP contribution in [0.2, 0.25) is 0 Å². The summed E-state index contributed by atoms with van der Waals surface area (Å²) in [5.41, 5.74) is 1.28. The van der Waals surface area contributed by atoms with E-state index in [2.05, 4.69) is 23.0 Å². The highest BCUT2D eigenvalue weighted by atomic mass is 15.1. The van der Waals surface area contributed by atoms with Crippen molar-refractivity contribution in [3.63, 3.8) is 0 Å². The van der Waals surface area contributed by atoms with Crippen LogP contribution in [0.1, 0.15) is 50.2 Å². The van der Waals surface area contributed by atoms with E-state index in [1.165, 1.54) is 37.2 Å². The Bertz CT molecular complexity index is 363. The van der Waals surface area contributed by atoms with Gasteiger partial charge in [-0.1, -0.05) is 13.3 Å². The third kappa shape index (κ3) is 1.88. The maximum atomic E-state index is 4.83. The molecule has 0 saturated carbocycles. The summed E-state index contributed by atoms with van der Waals surface area (Å²) < 4.78 is 2.37. The van der Waals surface area contributed by atoms with E-state index in [-0.39, 0.29) is 0 Å². The minimum Gasteiger partial charge on any atom is -0.335 e. The number of hydrogen-bond acceptors (Lipinski definition) is 2. The molecule has 1 aromatic heterocycles. The molecule has 88 valence electrons. The first kappa shape index (κ1) is 10.3. The smallest absolute Gasteiger partial charge is 0.109 e. The monoisotopic (exact) mass is 219 g/mol. The van der Waals surface area contributed by atoms with Crippen LogP contribution >= 0.6 is 0 Å². The molecule has 1 aromatic rings. The molecule has 16 heavy (non-hydrogen) atoms. The SMILES string of the molecule is C[C@H]1CCn2cc([C@H]3CCCCN3)nc2C1. The Morgan fingerprint density at radius 2 is 2.31 bits per heavy atom. The highest BCUT2D eigenvalue weighted by Crippen LogP contribution is 2.25. The van der Waals surface area contributed by atoms with Crippen LogP contribution in [0.15, 0.2) is 6.20 Å². The fourth-order valence-corrected chi connectivity index (χ4v) is 2.88. The Morgan fingerprint density at radius 3 is 3.12 bits per heavy atom. The molecule has 1 fully saturated rings. The first-order valence-electron chi connectivity index (χ1n) is 6.62. The Morgan fingerprint density at radius 1 is 1.38 bits per heavy atom. The molecular formula is C13H21N3. The van der Waals surface area contributed by atoms with Gasteiger partial charge in [0.1, 0.15) is 5.82 Å². The number of imidazole rings is 1. The quantitative estimate of drug-likeness (QED) is 0.785. The molecule has 0 amide bonds. The molecule has 2 atom stereocenters. The van der Waals surface area contributed by atoms with Gasteiger partial charge in [-0.3, -0.25) is 0 Å². The molecule has 0 spiro atoms. The molecule has 2 aliphatic rings. The van der Waals surface area contributed by atoms with Crippen molar-refractivity contribution in [2.75, 3.05) is 6.54 Å². The van der Waals surface area contributed by atoms with E-state index in [1.807, 2.05) is 0 Å². The number of nitrogens with one attached hydrogen (secondary N) is 1. The Hall–Kier alpha value is -0.830. The van der Waals surface area contributed by atoms with Crippen LogP contribution in [0, 0.1) is 5.92 Å². The van der Waals surface area contributed by atoms with Gasteiger partial charge in [-0.05, 0) is 31.7 Å². The van der Waals surface area contributed by atoms with Crippen LogP contribution in [0.4, 0.5) is 0 Å². The van der Waals surface area contributed by atoms with Crippen molar-refractivity contribution >= 4 is 0 Å². The zero-order valence-corrected chi connectivity index (χ0v) is 10.1. The Balaban J connectivity index is 1.80. The summed E-state index contributed by atoms with van der Waals surface area (Å²) in [6, 6.07) is 0.516. The average molecular weight is 219 g/mol. The minimum atomic E-state index is 0.516. The largest absolute Gasteiger partial charge is 0.335 e. The van der Waals surface area contributed by atoms with Crippen LogP contribution in [-0.2, 0) is 13.0 Å². The second-order valence-corrected chi connectivity index (χ2v) is 5.38. The van der Waals surface area contributed by atoms with Crippen LogP contribution in [0.5, 0.6) is 0 Å². The summed E-state index contributed by atoms with van der Waals surface area (Å²) in [6.45, 7) is 4.65. The maximum Gasteiger partial charge on any atom is 0.109 e. The molecule has 0 radical (unpaired) electrons.